The number of rotatable bonds is 6. The molecule has 1 saturated heterocycles. The number of halogens is 2. The van der Waals surface area contributed by atoms with Crippen molar-refractivity contribution in [2.24, 2.45) is 5.92 Å². The van der Waals surface area contributed by atoms with Crippen molar-refractivity contribution in [2.75, 3.05) is 19.6 Å². The number of nitrogens with one attached hydrogen (secondary N) is 2. The van der Waals surface area contributed by atoms with Crippen molar-refractivity contribution in [2.45, 2.75) is 45.7 Å². The summed E-state index contributed by atoms with van der Waals surface area (Å²) in [5.41, 5.74) is 0.311. The lowest BCUT2D eigenvalue weighted by atomic mass is 10.00. The molecule has 1 aromatic carbocycles. The maximum Gasteiger partial charge on any atom is 0.253 e. The predicted octanol–water partition coefficient (Wildman–Crippen LogP) is 3.35. The number of hydrogen-bond donors (Lipinski definition) is 2. The summed E-state index contributed by atoms with van der Waals surface area (Å²) in [4.78, 5) is 27.6. The number of carbonyl (C=O) groups excluding carboxylic acids is 2. The summed E-state index contributed by atoms with van der Waals surface area (Å²) in [5, 5.41) is 6.63. The zero-order chi connectivity index (χ0) is 19.3. The molecular weight excluding hydrogens is 373 g/mol. The summed E-state index contributed by atoms with van der Waals surface area (Å²) >= 11 is 12.0. The van der Waals surface area contributed by atoms with Crippen molar-refractivity contribution < 1.29 is 9.59 Å². The van der Waals surface area contributed by atoms with Gasteiger partial charge in [0.2, 0.25) is 5.91 Å². The van der Waals surface area contributed by atoms with E-state index in [1.807, 2.05) is 13.8 Å². The predicted molar refractivity (Wildman–Crippen MR) is 106 cm³/mol. The highest BCUT2D eigenvalue weighted by Crippen LogP contribution is 2.21. The Hall–Kier alpha value is -1.30. The quantitative estimate of drug-likeness (QED) is 0.770. The zero-order valence-electron chi connectivity index (χ0n) is 15.5. The lowest BCUT2D eigenvalue weighted by Gasteiger charge is -2.33. The molecule has 2 N–H and O–H groups in total. The van der Waals surface area contributed by atoms with Crippen LogP contribution in [0.15, 0.2) is 18.2 Å². The van der Waals surface area contributed by atoms with Gasteiger partial charge >= 0.3 is 0 Å². The summed E-state index contributed by atoms with van der Waals surface area (Å²) in [5.74, 6) is -0.560. The van der Waals surface area contributed by atoms with Crippen LogP contribution in [0.3, 0.4) is 0 Å². The summed E-state index contributed by atoms with van der Waals surface area (Å²) in [6, 6.07) is 4.23. The van der Waals surface area contributed by atoms with Crippen molar-refractivity contribution >= 4 is 35.0 Å². The molecule has 0 aliphatic carbocycles. The van der Waals surface area contributed by atoms with Crippen LogP contribution in [0.25, 0.3) is 0 Å². The zero-order valence-corrected chi connectivity index (χ0v) is 17.0. The van der Waals surface area contributed by atoms with E-state index in [1.165, 1.54) is 6.07 Å². The largest absolute Gasteiger partial charge is 0.351 e. The smallest absolute Gasteiger partial charge is 0.253 e. The Labute approximate surface area is 165 Å². The second-order valence-electron chi connectivity index (χ2n) is 7.04. The van der Waals surface area contributed by atoms with Crippen molar-refractivity contribution in [1.29, 1.82) is 0 Å². The fourth-order valence-corrected chi connectivity index (χ4v) is 3.61. The third kappa shape index (κ3) is 5.60. The minimum absolute atomic E-state index is 0.0410. The van der Waals surface area contributed by atoms with Crippen LogP contribution in [-0.2, 0) is 4.79 Å². The van der Waals surface area contributed by atoms with E-state index < -0.39 is 6.04 Å². The highest BCUT2D eigenvalue weighted by Gasteiger charge is 2.28. The topological polar surface area (TPSA) is 61.4 Å². The molecule has 0 aromatic heterocycles. The maximum atomic E-state index is 12.7. The normalized spacial score (nSPS) is 17.2. The summed E-state index contributed by atoms with van der Waals surface area (Å²) in [6.07, 6.45) is 1.86. The minimum atomic E-state index is -0.613. The van der Waals surface area contributed by atoms with Crippen molar-refractivity contribution in [3.63, 3.8) is 0 Å². The molecule has 1 atom stereocenters. The molecule has 1 unspecified atom stereocenters. The first-order valence-electron chi connectivity index (χ1n) is 9.10. The molecule has 0 saturated carbocycles. The standard InChI is InChI=1S/C19H27Cl2N3O2/c1-4-24-9-7-14(8-10-24)22-19(26)17(12(2)3)23-18(25)15-6-5-13(20)11-16(15)21/h5-6,11-12,14,17H,4,7-10H2,1-3H3,(H,22,26)(H,23,25). The van der Waals surface area contributed by atoms with Crippen LogP contribution in [0.2, 0.25) is 10.0 Å². The van der Waals surface area contributed by atoms with Crippen LogP contribution in [0.5, 0.6) is 0 Å². The Morgan fingerprint density at radius 1 is 1.23 bits per heavy atom. The fraction of sp³-hybridized carbons (Fsp3) is 0.579. The SMILES string of the molecule is CCN1CCC(NC(=O)C(NC(=O)c2ccc(Cl)cc2Cl)C(C)C)CC1. The van der Waals surface area contributed by atoms with Crippen LogP contribution in [-0.4, -0.2) is 48.4 Å². The Balaban J connectivity index is 1.99. The third-order valence-electron chi connectivity index (χ3n) is 4.79. The molecule has 1 heterocycles. The fourth-order valence-electron chi connectivity index (χ4n) is 3.11. The van der Waals surface area contributed by atoms with Gasteiger partial charge in [0.25, 0.3) is 5.91 Å². The Morgan fingerprint density at radius 3 is 2.42 bits per heavy atom. The number of hydrogen-bond acceptors (Lipinski definition) is 3. The molecule has 7 heteroatoms. The van der Waals surface area contributed by atoms with Crippen molar-refractivity contribution in [3.05, 3.63) is 33.8 Å². The van der Waals surface area contributed by atoms with Gasteiger partial charge in [0.05, 0.1) is 10.6 Å². The lowest BCUT2D eigenvalue weighted by molar-refractivity contribution is -0.125. The van der Waals surface area contributed by atoms with Crippen LogP contribution < -0.4 is 10.6 Å². The number of nitrogens with zero attached hydrogens (tertiary/aromatic N) is 1. The number of benzene rings is 1. The van der Waals surface area contributed by atoms with E-state index in [9.17, 15) is 9.59 Å². The Morgan fingerprint density at radius 2 is 1.88 bits per heavy atom. The molecule has 2 amide bonds. The molecule has 0 spiro atoms. The molecule has 5 nitrogen and oxygen atoms in total. The van der Waals surface area contributed by atoms with Crippen LogP contribution in [0.1, 0.15) is 44.0 Å². The first-order valence-corrected chi connectivity index (χ1v) is 9.86. The molecule has 2 rings (SSSR count). The average Bonchev–Trinajstić information content (AvgIpc) is 2.59. The highest BCUT2D eigenvalue weighted by molar-refractivity contribution is 6.36. The van der Waals surface area contributed by atoms with Gasteiger partial charge in [0, 0.05) is 24.2 Å². The molecule has 1 aliphatic rings. The van der Waals surface area contributed by atoms with Crippen LogP contribution in [0.4, 0.5) is 0 Å². The van der Waals surface area contributed by atoms with E-state index in [2.05, 4.69) is 22.5 Å². The van der Waals surface area contributed by atoms with Gasteiger partial charge in [0.15, 0.2) is 0 Å². The number of piperidine rings is 1. The van der Waals surface area contributed by atoms with E-state index in [0.29, 0.717) is 10.6 Å². The van der Waals surface area contributed by atoms with Crippen LogP contribution >= 0.6 is 23.2 Å². The van der Waals surface area contributed by atoms with E-state index in [4.69, 9.17) is 23.2 Å². The molecule has 1 aromatic rings. The average molecular weight is 400 g/mol. The maximum absolute atomic E-state index is 12.7. The monoisotopic (exact) mass is 399 g/mol. The van der Waals surface area contributed by atoms with E-state index in [0.717, 1.165) is 32.5 Å². The molecule has 0 bridgehead atoms. The molecule has 26 heavy (non-hydrogen) atoms. The molecule has 1 aliphatic heterocycles. The molecule has 0 radical (unpaired) electrons. The number of carbonyl (C=O) groups is 2. The minimum Gasteiger partial charge on any atom is -0.351 e. The van der Waals surface area contributed by atoms with Gasteiger partial charge in [0.1, 0.15) is 6.04 Å². The third-order valence-corrected chi connectivity index (χ3v) is 5.34. The van der Waals surface area contributed by atoms with Gasteiger partial charge in [-0.05, 0) is 43.5 Å². The van der Waals surface area contributed by atoms with E-state index in [-0.39, 0.29) is 28.8 Å². The summed E-state index contributed by atoms with van der Waals surface area (Å²) in [7, 11) is 0. The van der Waals surface area contributed by atoms with Gasteiger partial charge in [-0.15, -0.1) is 0 Å². The van der Waals surface area contributed by atoms with Crippen LogP contribution in [0, 0.1) is 5.92 Å². The Kier molecular flexibility index (Phi) is 7.74. The van der Waals surface area contributed by atoms with Gasteiger partial charge in [-0.25, -0.2) is 0 Å². The first kappa shape index (κ1) is 21.0. The molecule has 1 fully saturated rings. The summed E-state index contributed by atoms with van der Waals surface area (Å²) < 4.78 is 0. The lowest BCUT2D eigenvalue weighted by Crippen LogP contribution is -2.54. The Bertz CT molecular complexity index is 644. The highest BCUT2D eigenvalue weighted by atomic mass is 35.5. The van der Waals surface area contributed by atoms with Gasteiger partial charge in [-0.1, -0.05) is 44.0 Å². The summed E-state index contributed by atoms with van der Waals surface area (Å²) in [6.45, 7) is 8.97. The second kappa shape index (κ2) is 9.58. The number of likely N-dealkylation sites (tertiary alicyclic amines) is 1. The van der Waals surface area contributed by atoms with Gasteiger partial charge in [-0.2, -0.15) is 0 Å². The molecular formula is C19H27Cl2N3O2. The van der Waals surface area contributed by atoms with E-state index >= 15 is 0 Å². The van der Waals surface area contributed by atoms with Gasteiger partial charge in [-0.3, -0.25) is 9.59 Å². The van der Waals surface area contributed by atoms with Crippen molar-refractivity contribution in [3.8, 4) is 0 Å². The molecule has 144 valence electrons. The first-order chi connectivity index (χ1) is 12.3. The van der Waals surface area contributed by atoms with E-state index in [1.54, 1.807) is 12.1 Å². The second-order valence-corrected chi connectivity index (χ2v) is 7.88. The van der Waals surface area contributed by atoms with Crippen molar-refractivity contribution in [1.82, 2.24) is 15.5 Å². The number of amides is 2. The van der Waals surface area contributed by atoms with Gasteiger partial charge < -0.3 is 15.5 Å².